The quantitative estimate of drug-likeness (QED) is 0.272. The van der Waals surface area contributed by atoms with E-state index in [4.69, 9.17) is 27.9 Å². The second kappa shape index (κ2) is 12.6. The van der Waals surface area contributed by atoms with Crippen LogP contribution in [0.25, 0.3) is 0 Å². The lowest BCUT2D eigenvalue weighted by atomic mass is 10.0. The molecular formula is C22H22BrCl2N3O5. The van der Waals surface area contributed by atoms with Gasteiger partial charge in [0.1, 0.15) is 11.8 Å². The number of ether oxygens (including phenoxy) is 2. The van der Waals surface area contributed by atoms with Crippen molar-refractivity contribution in [1.82, 2.24) is 10.7 Å². The molecule has 0 heterocycles. The first-order valence-corrected chi connectivity index (χ1v) is 11.2. The fourth-order valence-corrected chi connectivity index (χ4v) is 3.36. The van der Waals surface area contributed by atoms with E-state index in [1.165, 1.54) is 31.5 Å². The van der Waals surface area contributed by atoms with Crippen molar-refractivity contribution in [2.75, 3.05) is 13.7 Å². The Morgan fingerprint density at radius 1 is 1.12 bits per heavy atom. The van der Waals surface area contributed by atoms with E-state index in [0.29, 0.717) is 20.8 Å². The number of carbonyl (C=O) groups is 3. The van der Waals surface area contributed by atoms with Crippen molar-refractivity contribution in [3.05, 3.63) is 62.0 Å². The number of esters is 1. The van der Waals surface area contributed by atoms with Crippen LogP contribution in [0.15, 0.2) is 46.0 Å². The molecule has 2 aromatic carbocycles. The lowest BCUT2D eigenvalue weighted by molar-refractivity contribution is -0.142. The summed E-state index contributed by atoms with van der Waals surface area (Å²) < 4.78 is 10.5. The summed E-state index contributed by atoms with van der Waals surface area (Å²) in [7, 11) is 1.27. The Balaban J connectivity index is 1.99. The fourth-order valence-electron chi connectivity index (χ4n) is 2.55. The average Bonchev–Trinajstić information content (AvgIpc) is 2.77. The summed E-state index contributed by atoms with van der Waals surface area (Å²) in [6.07, 6.45) is 1.44. The fraction of sp³-hybridized carbons (Fsp3) is 0.273. The third-order valence-electron chi connectivity index (χ3n) is 4.34. The minimum atomic E-state index is -0.829. The summed E-state index contributed by atoms with van der Waals surface area (Å²) in [5, 5.41) is 7.21. The predicted molar refractivity (Wildman–Crippen MR) is 130 cm³/mol. The van der Waals surface area contributed by atoms with Crippen LogP contribution in [0.2, 0.25) is 10.0 Å². The number of amides is 2. The first-order chi connectivity index (χ1) is 15.6. The Morgan fingerprint density at radius 2 is 1.85 bits per heavy atom. The van der Waals surface area contributed by atoms with Crippen molar-refractivity contribution in [2.45, 2.75) is 19.9 Å². The van der Waals surface area contributed by atoms with Gasteiger partial charge in [-0.15, -0.1) is 0 Å². The van der Waals surface area contributed by atoms with Gasteiger partial charge in [-0.3, -0.25) is 9.59 Å². The van der Waals surface area contributed by atoms with Crippen LogP contribution < -0.4 is 15.5 Å². The molecule has 11 heteroatoms. The number of benzene rings is 2. The summed E-state index contributed by atoms with van der Waals surface area (Å²) in [5.41, 5.74) is 3.38. The van der Waals surface area contributed by atoms with Gasteiger partial charge in [0.15, 0.2) is 6.61 Å². The minimum absolute atomic E-state index is 0.202. The zero-order valence-electron chi connectivity index (χ0n) is 18.0. The molecule has 0 bridgehead atoms. The lowest BCUT2D eigenvalue weighted by Crippen LogP contribution is -2.48. The molecule has 0 aliphatic carbocycles. The number of rotatable bonds is 9. The molecule has 2 N–H and O–H groups in total. The first-order valence-electron chi connectivity index (χ1n) is 9.70. The number of nitrogens with one attached hydrogen (secondary N) is 2. The molecule has 2 rings (SSSR count). The third-order valence-corrected chi connectivity index (χ3v) is 5.69. The van der Waals surface area contributed by atoms with Crippen molar-refractivity contribution < 1.29 is 23.9 Å². The summed E-state index contributed by atoms with van der Waals surface area (Å²) in [5.74, 6) is -1.19. The van der Waals surface area contributed by atoms with Crippen molar-refractivity contribution in [3.63, 3.8) is 0 Å². The van der Waals surface area contributed by atoms with Crippen LogP contribution in [0.5, 0.6) is 5.75 Å². The van der Waals surface area contributed by atoms with Crippen LogP contribution in [0.3, 0.4) is 0 Å². The molecule has 33 heavy (non-hydrogen) atoms. The summed E-state index contributed by atoms with van der Waals surface area (Å²) in [4.78, 5) is 36.3. The van der Waals surface area contributed by atoms with Crippen LogP contribution in [-0.2, 0) is 14.3 Å². The van der Waals surface area contributed by atoms with Crippen molar-refractivity contribution in [3.8, 4) is 5.75 Å². The SMILES string of the molecule is COC(=O)COc1ccc(C=NNC(=O)C(NC(=O)c2ccc(Cl)c(Cl)c2)C(C)C)cc1Br. The maximum Gasteiger partial charge on any atom is 0.343 e. The van der Waals surface area contributed by atoms with E-state index >= 15 is 0 Å². The normalized spacial score (nSPS) is 11.8. The Labute approximate surface area is 209 Å². The minimum Gasteiger partial charge on any atom is -0.481 e. The second-order valence-electron chi connectivity index (χ2n) is 7.11. The molecule has 176 valence electrons. The van der Waals surface area contributed by atoms with Crippen molar-refractivity contribution >= 4 is 63.1 Å². The predicted octanol–water partition coefficient (Wildman–Crippen LogP) is 4.21. The Bertz CT molecular complexity index is 1060. The molecular weight excluding hydrogens is 537 g/mol. The topological polar surface area (TPSA) is 106 Å². The summed E-state index contributed by atoms with van der Waals surface area (Å²) in [6, 6.07) is 8.68. The maximum atomic E-state index is 12.6. The van der Waals surface area contributed by atoms with Gasteiger partial charge in [0.2, 0.25) is 0 Å². The number of halogens is 3. The number of methoxy groups -OCH3 is 1. The molecule has 0 fully saturated rings. The van der Waals surface area contributed by atoms with Crippen LogP contribution in [-0.4, -0.2) is 43.8 Å². The van der Waals surface area contributed by atoms with Crippen LogP contribution in [0.4, 0.5) is 0 Å². The average molecular weight is 559 g/mol. The summed E-state index contributed by atoms with van der Waals surface area (Å²) >= 11 is 15.2. The van der Waals surface area contributed by atoms with Gasteiger partial charge in [0, 0.05) is 5.56 Å². The van der Waals surface area contributed by atoms with E-state index in [9.17, 15) is 14.4 Å². The number of carbonyl (C=O) groups excluding carboxylic acids is 3. The highest BCUT2D eigenvalue weighted by Crippen LogP contribution is 2.25. The first kappa shape index (κ1) is 26.6. The summed E-state index contributed by atoms with van der Waals surface area (Å²) in [6.45, 7) is 3.38. The zero-order valence-corrected chi connectivity index (χ0v) is 21.1. The van der Waals surface area contributed by atoms with Gasteiger partial charge < -0.3 is 14.8 Å². The molecule has 1 unspecified atom stereocenters. The van der Waals surface area contributed by atoms with E-state index in [2.05, 4.69) is 36.5 Å². The molecule has 0 aliphatic heterocycles. The molecule has 2 amide bonds. The second-order valence-corrected chi connectivity index (χ2v) is 8.78. The molecule has 0 saturated carbocycles. The largest absolute Gasteiger partial charge is 0.481 e. The Hall–Kier alpha value is -2.62. The Morgan fingerprint density at radius 3 is 2.45 bits per heavy atom. The zero-order chi connectivity index (χ0) is 24.5. The monoisotopic (exact) mass is 557 g/mol. The molecule has 0 saturated heterocycles. The molecule has 0 spiro atoms. The third kappa shape index (κ3) is 8.03. The smallest absolute Gasteiger partial charge is 0.343 e. The van der Waals surface area contributed by atoms with E-state index in [-0.39, 0.29) is 23.1 Å². The van der Waals surface area contributed by atoms with Gasteiger partial charge in [0.25, 0.3) is 11.8 Å². The van der Waals surface area contributed by atoms with Crippen molar-refractivity contribution in [1.29, 1.82) is 0 Å². The molecule has 8 nitrogen and oxygen atoms in total. The lowest BCUT2D eigenvalue weighted by Gasteiger charge is -2.20. The van der Waals surface area contributed by atoms with Crippen molar-refractivity contribution in [2.24, 2.45) is 11.0 Å². The molecule has 2 aromatic rings. The van der Waals surface area contributed by atoms with Gasteiger partial charge in [0.05, 0.1) is 27.8 Å². The standard InChI is InChI=1S/C22H22BrCl2N3O5/c1-12(2)20(27-21(30)14-5-6-16(24)17(25)9-14)22(31)28-26-10-13-4-7-18(15(23)8-13)33-11-19(29)32-3/h4-10,12,20H,11H2,1-3H3,(H,27,30)(H,28,31). The van der Waals surface area contributed by atoms with Crippen LogP contribution >= 0.6 is 39.1 Å². The van der Waals surface area contributed by atoms with Gasteiger partial charge >= 0.3 is 5.97 Å². The van der Waals surface area contributed by atoms with E-state index in [0.717, 1.165) is 0 Å². The van der Waals surface area contributed by atoms with Gasteiger partial charge in [-0.25, -0.2) is 10.2 Å². The van der Waals surface area contributed by atoms with Gasteiger partial charge in [-0.05, 0) is 63.8 Å². The van der Waals surface area contributed by atoms with Crippen LogP contribution in [0, 0.1) is 5.92 Å². The van der Waals surface area contributed by atoms with E-state index in [1.54, 1.807) is 32.0 Å². The highest BCUT2D eigenvalue weighted by atomic mass is 79.9. The van der Waals surface area contributed by atoms with E-state index < -0.39 is 23.8 Å². The van der Waals surface area contributed by atoms with Gasteiger partial charge in [-0.2, -0.15) is 5.10 Å². The maximum absolute atomic E-state index is 12.6. The number of hydrogen-bond donors (Lipinski definition) is 2. The van der Waals surface area contributed by atoms with Gasteiger partial charge in [-0.1, -0.05) is 37.0 Å². The van der Waals surface area contributed by atoms with E-state index in [1.807, 2.05) is 0 Å². The number of nitrogens with zero attached hydrogens (tertiary/aromatic N) is 1. The highest BCUT2D eigenvalue weighted by Gasteiger charge is 2.24. The Kier molecular flexibility index (Phi) is 10.1. The molecule has 0 aromatic heterocycles. The highest BCUT2D eigenvalue weighted by molar-refractivity contribution is 9.10. The van der Waals surface area contributed by atoms with Crippen LogP contribution in [0.1, 0.15) is 29.8 Å². The molecule has 0 radical (unpaired) electrons. The molecule has 0 aliphatic rings. The number of hydrazone groups is 1. The molecule has 1 atom stereocenters. The number of hydrogen-bond acceptors (Lipinski definition) is 6.